The highest BCUT2D eigenvalue weighted by molar-refractivity contribution is 7.98. The molecule has 1 N–H and O–H groups in total. The minimum Gasteiger partial charge on any atom is -0.490 e. The van der Waals surface area contributed by atoms with Gasteiger partial charge in [-0.15, -0.1) is 11.8 Å². The lowest BCUT2D eigenvalue weighted by Gasteiger charge is -2.14. The fraction of sp³-hybridized carbons (Fsp3) is 0.294. The lowest BCUT2D eigenvalue weighted by molar-refractivity contribution is 0.296. The highest BCUT2D eigenvalue weighted by Crippen LogP contribution is 2.33. The SMILES string of the molecule is CSc1cccc(NCc2cccc3c2OCCCO3)c1. The summed E-state index contributed by atoms with van der Waals surface area (Å²) in [5.41, 5.74) is 2.25. The van der Waals surface area contributed by atoms with Crippen LogP contribution in [0.2, 0.25) is 0 Å². The summed E-state index contributed by atoms with van der Waals surface area (Å²) in [6, 6.07) is 14.5. The molecule has 0 saturated carbocycles. The van der Waals surface area contributed by atoms with Crippen LogP contribution >= 0.6 is 11.8 Å². The molecule has 3 nitrogen and oxygen atoms in total. The van der Waals surface area contributed by atoms with E-state index >= 15 is 0 Å². The first kappa shape index (κ1) is 14.1. The quantitative estimate of drug-likeness (QED) is 0.858. The van der Waals surface area contributed by atoms with Crippen LogP contribution in [-0.4, -0.2) is 19.5 Å². The molecule has 0 fully saturated rings. The van der Waals surface area contributed by atoms with Gasteiger partial charge in [0.1, 0.15) is 0 Å². The maximum absolute atomic E-state index is 5.84. The molecule has 21 heavy (non-hydrogen) atoms. The number of anilines is 1. The van der Waals surface area contributed by atoms with Gasteiger partial charge in [0.15, 0.2) is 11.5 Å². The summed E-state index contributed by atoms with van der Waals surface area (Å²) in [5, 5.41) is 3.46. The van der Waals surface area contributed by atoms with Crippen molar-refractivity contribution in [3.8, 4) is 11.5 Å². The Morgan fingerprint density at radius 2 is 1.95 bits per heavy atom. The smallest absolute Gasteiger partial charge is 0.166 e. The van der Waals surface area contributed by atoms with Gasteiger partial charge in [0.25, 0.3) is 0 Å². The summed E-state index contributed by atoms with van der Waals surface area (Å²) >= 11 is 1.75. The van der Waals surface area contributed by atoms with Gasteiger partial charge in [0.2, 0.25) is 0 Å². The number of thioether (sulfide) groups is 1. The number of para-hydroxylation sites is 1. The van der Waals surface area contributed by atoms with Crippen LogP contribution in [-0.2, 0) is 6.54 Å². The Kier molecular flexibility index (Phi) is 4.55. The fourth-order valence-corrected chi connectivity index (χ4v) is 2.78. The molecule has 0 saturated heterocycles. The molecule has 0 bridgehead atoms. The van der Waals surface area contributed by atoms with Crippen LogP contribution in [0.4, 0.5) is 5.69 Å². The Labute approximate surface area is 129 Å². The molecule has 1 aliphatic rings. The van der Waals surface area contributed by atoms with E-state index < -0.39 is 0 Å². The van der Waals surface area contributed by atoms with Crippen molar-refractivity contribution in [2.24, 2.45) is 0 Å². The van der Waals surface area contributed by atoms with Crippen molar-refractivity contribution >= 4 is 17.4 Å². The van der Waals surface area contributed by atoms with E-state index in [2.05, 4.69) is 41.9 Å². The average molecular weight is 301 g/mol. The molecule has 0 aromatic heterocycles. The summed E-state index contributed by atoms with van der Waals surface area (Å²) < 4.78 is 11.6. The Bertz CT molecular complexity index is 615. The Morgan fingerprint density at radius 1 is 1.10 bits per heavy atom. The van der Waals surface area contributed by atoms with Gasteiger partial charge in [0, 0.05) is 29.1 Å². The monoisotopic (exact) mass is 301 g/mol. The normalized spacial score (nSPS) is 13.6. The first-order valence-electron chi connectivity index (χ1n) is 7.12. The van der Waals surface area contributed by atoms with Crippen LogP contribution in [0.25, 0.3) is 0 Å². The predicted molar refractivity (Wildman–Crippen MR) is 87.6 cm³/mol. The van der Waals surface area contributed by atoms with Crippen LogP contribution < -0.4 is 14.8 Å². The van der Waals surface area contributed by atoms with Crippen molar-refractivity contribution in [3.05, 3.63) is 48.0 Å². The van der Waals surface area contributed by atoms with Gasteiger partial charge >= 0.3 is 0 Å². The zero-order valence-electron chi connectivity index (χ0n) is 12.1. The molecule has 4 heteroatoms. The van der Waals surface area contributed by atoms with E-state index in [-0.39, 0.29) is 0 Å². The number of nitrogens with one attached hydrogen (secondary N) is 1. The zero-order valence-corrected chi connectivity index (χ0v) is 12.9. The average Bonchev–Trinajstić information content (AvgIpc) is 2.79. The Balaban J connectivity index is 1.76. The van der Waals surface area contributed by atoms with E-state index in [4.69, 9.17) is 9.47 Å². The third-order valence-electron chi connectivity index (χ3n) is 3.41. The highest BCUT2D eigenvalue weighted by atomic mass is 32.2. The number of fused-ring (bicyclic) bond motifs is 1. The molecule has 110 valence electrons. The van der Waals surface area contributed by atoms with E-state index in [0.29, 0.717) is 6.61 Å². The molecular weight excluding hydrogens is 282 g/mol. The van der Waals surface area contributed by atoms with Gasteiger partial charge < -0.3 is 14.8 Å². The standard InChI is InChI=1S/C17H19NO2S/c1-21-15-7-3-6-14(11-15)18-12-13-5-2-8-16-17(13)20-10-4-9-19-16/h2-3,5-8,11,18H,4,9-10,12H2,1H3. The van der Waals surface area contributed by atoms with Crippen molar-refractivity contribution in [2.45, 2.75) is 17.9 Å². The molecule has 2 aromatic carbocycles. The largest absolute Gasteiger partial charge is 0.490 e. The molecule has 0 unspecified atom stereocenters. The van der Waals surface area contributed by atoms with E-state index in [1.165, 1.54) is 4.90 Å². The van der Waals surface area contributed by atoms with Gasteiger partial charge in [-0.2, -0.15) is 0 Å². The summed E-state index contributed by atoms with van der Waals surface area (Å²) in [6.45, 7) is 2.16. The van der Waals surface area contributed by atoms with Gasteiger partial charge in [0.05, 0.1) is 13.2 Å². The second-order valence-electron chi connectivity index (χ2n) is 4.88. The second kappa shape index (κ2) is 6.76. The van der Waals surface area contributed by atoms with Crippen LogP contribution in [0.15, 0.2) is 47.4 Å². The minimum absolute atomic E-state index is 0.714. The third-order valence-corrected chi connectivity index (χ3v) is 4.13. The van der Waals surface area contributed by atoms with E-state index in [1.54, 1.807) is 11.8 Å². The third kappa shape index (κ3) is 3.45. The van der Waals surface area contributed by atoms with Gasteiger partial charge in [-0.25, -0.2) is 0 Å². The number of benzene rings is 2. The van der Waals surface area contributed by atoms with Crippen molar-refractivity contribution in [2.75, 3.05) is 24.8 Å². The summed E-state index contributed by atoms with van der Waals surface area (Å²) in [6.07, 6.45) is 3.01. The summed E-state index contributed by atoms with van der Waals surface area (Å²) in [5.74, 6) is 1.73. The molecule has 1 heterocycles. The van der Waals surface area contributed by atoms with Crippen molar-refractivity contribution in [1.29, 1.82) is 0 Å². The Morgan fingerprint density at radius 3 is 2.86 bits per heavy atom. The summed E-state index contributed by atoms with van der Waals surface area (Å²) in [7, 11) is 0. The molecule has 0 spiro atoms. The zero-order chi connectivity index (χ0) is 14.5. The maximum atomic E-state index is 5.84. The topological polar surface area (TPSA) is 30.5 Å². The molecule has 0 atom stereocenters. The number of ether oxygens (including phenoxy) is 2. The summed E-state index contributed by atoms with van der Waals surface area (Å²) in [4.78, 5) is 1.26. The van der Waals surface area contributed by atoms with E-state index in [9.17, 15) is 0 Å². The van der Waals surface area contributed by atoms with Gasteiger partial charge in [-0.05, 0) is 30.5 Å². The molecule has 0 amide bonds. The lowest BCUT2D eigenvalue weighted by atomic mass is 10.1. The van der Waals surface area contributed by atoms with Crippen molar-refractivity contribution in [3.63, 3.8) is 0 Å². The second-order valence-corrected chi connectivity index (χ2v) is 5.76. The number of rotatable bonds is 4. The van der Waals surface area contributed by atoms with Gasteiger partial charge in [-0.1, -0.05) is 18.2 Å². The van der Waals surface area contributed by atoms with Crippen molar-refractivity contribution < 1.29 is 9.47 Å². The first-order valence-corrected chi connectivity index (χ1v) is 8.35. The van der Waals surface area contributed by atoms with Crippen LogP contribution in [0, 0.1) is 0 Å². The molecule has 0 aliphatic carbocycles. The fourth-order valence-electron chi connectivity index (χ4n) is 2.32. The van der Waals surface area contributed by atoms with E-state index in [1.807, 2.05) is 12.1 Å². The van der Waals surface area contributed by atoms with Gasteiger partial charge in [-0.3, -0.25) is 0 Å². The van der Waals surface area contributed by atoms with Crippen LogP contribution in [0.5, 0.6) is 11.5 Å². The number of hydrogen-bond acceptors (Lipinski definition) is 4. The lowest BCUT2D eigenvalue weighted by Crippen LogP contribution is -2.03. The Hall–Kier alpha value is -1.81. The molecule has 0 radical (unpaired) electrons. The number of hydrogen-bond donors (Lipinski definition) is 1. The highest BCUT2D eigenvalue weighted by Gasteiger charge is 2.14. The predicted octanol–water partition coefficient (Wildman–Crippen LogP) is 4.18. The van der Waals surface area contributed by atoms with Crippen molar-refractivity contribution in [1.82, 2.24) is 0 Å². The minimum atomic E-state index is 0.714. The van der Waals surface area contributed by atoms with Crippen LogP contribution in [0.1, 0.15) is 12.0 Å². The molecule has 2 aromatic rings. The molecule has 3 rings (SSSR count). The van der Waals surface area contributed by atoms with Crippen LogP contribution in [0.3, 0.4) is 0 Å². The molecule has 1 aliphatic heterocycles. The molecular formula is C17H19NO2S. The first-order chi connectivity index (χ1) is 10.4. The van der Waals surface area contributed by atoms with E-state index in [0.717, 1.165) is 42.3 Å². The maximum Gasteiger partial charge on any atom is 0.166 e.